The molecule has 19 heavy (non-hydrogen) atoms. The molecule has 1 atom stereocenters. The molecular weight excluding hydrogens is 290 g/mol. The lowest BCUT2D eigenvalue weighted by Gasteiger charge is -2.15. The van der Waals surface area contributed by atoms with Gasteiger partial charge in [0.15, 0.2) is 0 Å². The number of carbonyl (C=O) groups excluding carboxylic acids is 3. The number of halogens is 1. The molecule has 1 aromatic rings. The van der Waals surface area contributed by atoms with Crippen molar-refractivity contribution in [2.75, 3.05) is 10.7 Å². The van der Waals surface area contributed by atoms with Crippen LogP contribution in [0, 0.1) is 0 Å². The summed E-state index contributed by atoms with van der Waals surface area (Å²) < 4.78 is 0. The molecule has 0 aliphatic carbocycles. The van der Waals surface area contributed by atoms with Crippen LogP contribution in [0.1, 0.15) is 6.42 Å². The summed E-state index contributed by atoms with van der Waals surface area (Å²) in [6.45, 7) is 0. The van der Waals surface area contributed by atoms with Crippen molar-refractivity contribution in [1.29, 1.82) is 0 Å². The first-order valence-corrected chi connectivity index (χ1v) is 6.85. The van der Waals surface area contributed by atoms with Crippen LogP contribution in [0.4, 0.5) is 5.69 Å². The lowest BCUT2D eigenvalue weighted by atomic mass is 10.3. The van der Waals surface area contributed by atoms with E-state index in [2.05, 4.69) is 0 Å². The second-order valence-electron chi connectivity index (χ2n) is 3.92. The molecular formula is C12H9ClNO4S-. The molecule has 1 aliphatic heterocycles. The Morgan fingerprint density at radius 3 is 2.58 bits per heavy atom. The summed E-state index contributed by atoms with van der Waals surface area (Å²) in [5, 5.41) is 10.2. The molecule has 5 nitrogen and oxygen atoms in total. The second kappa shape index (κ2) is 5.63. The summed E-state index contributed by atoms with van der Waals surface area (Å²) in [6, 6.07) is 6.31. The van der Waals surface area contributed by atoms with E-state index in [0.717, 1.165) is 16.7 Å². The molecule has 100 valence electrons. The van der Waals surface area contributed by atoms with Gasteiger partial charge in [-0.05, 0) is 24.3 Å². The van der Waals surface area contributed by atoms with Crippen LogP contribution in [0.2, 0.25) is 5.02 Å². The number of anilines is 1. The monoisotopic (exact) mass is 298 g/mol. The predicted molar refractivity (Wildman–Crippen MR) is 69.8 cm³/mol. The number of rotatable bonds is 4. The van der Waals surface area contributed by atoms with Crippen LogP contribution >= 0.6 is 23.4 Å². The third-order valence-electron chi connectivity index (χ3n) is 2.59. The van der Waals surface area contributed by atoms with Gasteiger partial charge in [-0.25, -0.2) is 4.90 Å². The number of nitrogens with zero attached hydrogens (tertiary/aromatic N) is 1. The fourth-order valence-electron chi connectivity index (χ4n) is 1.76. The molecule has 1 fully saturated rings. The van der Waals surface area contributed by atoms with Crippen molar-refractivity contribution < 1.29 is 19.5 Å². The maximum absolute atomic E-state index is 12.1. The van der Waals surface area contributed by atoms with E-state index in [1.807, 2.05) is 0 Å². The van der Waals surface area contributed by atoms with E-state index in [0.29, 0.717) is 10.7 Å². The minimum absolute atomic E-state index is 0.000589. The first kappa shape index (κ1) is 13.9. The van der Waals surface area contributed by atoms with Crippen LogP contribution < -0.4 is 10.0 Å². The van der Waals surface area contributed by atoms with Gasteiger partial charge in [-0.15, -0.1) is 11.8 Å². The second-order valence-corrected chi connectivity index (χ2v) is 5.55. The van der Waals surface area contributed by atoms with Crippen LogP contribution in [0.15, 0.2) is 24.3 Å². The minimum atomic E-state index is -1.25. The molecule has 0 saturated carbocycles. The van der Waals surface area contributed by atoms with Crippen molar-refractivity contribution in [1.82, 2.24) is 0 Å². The molecule has 0 spiro atoms. The van der Waals surface area contributed by atoms with Gasteiger partial charge in [-0.2, -0.15) is 0 Å². The quantitative estimate of drug-likeness (QED) is 0.755. The van der Waals surface area contributed by atoms with Gasteiger partial charge in [0.25, 0.3) is 0 Å². The topological polar surface area (TPSA) is 77.5 Å². The maximum atomic E-state index is 12.1. The van der Waals surface area contributed by atoms with Gasteiger partial charge in [-0.3, -0.25) is 9.59 Å². The van der Waals surface area contributed by atoms with Gasteiger partial charge in [0.2, 0.25) is 11.8 Å². The highest BCUT2D eigenvalue weighted by molar-refractivity contribution is 8.01. The third kappa shape index (κ3) is 3.08. The largest absolute Gasteiger partial charge is 0.549 e. The summed E-state index contributed by atoms with van der Waals surface area (Å²) in [4.78, 5) is 35.3. The highest BCUT2D eigenvalue weighted by Crippen LogP contribution is 2.30. The standard InChI is InChI=1S/C12H10ClNO4S/c13-7-1-3-8(4-2-7)14-10(15)5-9(12(14)18)19-6-11(16)17/h1-4,9H,5-6H2,(H,16,17)/p-1. The Morgan fingerprint density at radius 2 is 2.00 bits per heavy atom. The molecule has 0 aromatic heterocycles. The van der Waals surface area contributed by atoms with Crippen molar-refractivity contribution in [3.63, 3.8) is 0 Å². The highest BCUT2D eigenvalue weighted by atomic mass is 35.5. The van der Waals surface area contributed by atoms with Crippen LogP contribution in [0.3, 0.4) is 0 Å². The Morgan fingerprint density at radius 1 is 1.37 bits per heavy atom. The number of thioether (sulfide) groups is 1. The van der Waals surface area contributed by atoms with Gasteiger partial charge >= 0.3 is 0 Å². The molecule has 0 N–H and O–H groups in total. The van der Waals surface area contributed by atoms with Crippen molar-refractivity contribution in [2.24, 2.45) is 0 Å². The molecule has 2 amide bonds. The van der Waals surface area contributed by atoms with E-state index in [9.17, 15) is 19.5 Å². The third-order valence-corrected chi connectivity index (χ3v) is 4.02. The van der Waals surface area contributed by atoms with Crippen LogP contribution in [-0.2, 0) is 14.4 Å². The van der Waals surface area contributed by atoms with Gasteiger partial charge in [-0.1, -0.05) is 11.6 Å². The molecule has 1 heterocycles. The number of carbonyl (C=O) groups is 3. The van der Waals surface area contributed by atoms with E-state index < -0.39 is 17.1 Å². The Labute approximate surface area is 118 Å². The molecule has 2 rings (SSSR count). The summed E-state index contributed by atoms with van der Waals surface area (Å²) in [5.41, 5.74) is 0.441. The van der Waals surface area contributed by atoms with Crippen molar-refractivity contribution in [2.45, 2.75) is 11.7 Å². The summed E-state index contributed by atoms with van der Waals surface area (Å²) in [6.07, 6.45) is -0.000589. The smallest absolute Gasteiger partial charge is 0.247 e. The fourth-order valence-corrected chi connectivity index (χ4v) is 2.74. The van der Waals surface area contributed by atoms with E-state index in [-0.39, 0.29) is 18.1 Å². The lowest BCUT2D eigenvalue weighted by Crippen LogP contribution is -2.32. The SMILES string of the molecule is O=C([O-])CSC1CC(=O)N(c2ccc(Cl)cc2)C1=O. The summed E-state index contributed by atoms with van der Waals surface area (Å²) >= 11 is 6.65. The van der Waals surface area contributed by atoms with Crippen molar-refractivity contribution in [3.05, 3.63) is 29.3 Å². The fraction of sp³-hybridized carbons (Fsp3) is 0.250. The average Bonchev–Trinajstić information content (AvgIpc) is 2.63. The van der Waals surface area contributed by atoms with Gasteiger partial charge in [0.05, 0.1) is 16.9 Å². The number of carboxylic acids is 1. The average molecular weight is 299 g/mol. The van der Waals surface area contributed by atoms with Gasteiger partial charge < -0.3 is 9.90 Å². The van der Waals surface area contributed by atoms with Crippen LogP contribution in [0.25, 0.3) is 0 Å². The Hall–Kier alpha value is -1.53. The number of carboxylic acid groups (broad SMARTS) is 1. The Balaban J connectivity index is 2.14. The predicted octanol–water partition coefficient (Wildman–Crippen LogP) is 0.455. The number of aliphatic carboxylic acids is 1. The first-order chi connectivity index (χ1) is 8.99. The zero-order valence-electron chi connectivity index (χ0n) is 9.67. The lowest BCUT2D eigenvalue weighted by molar-refractivity contribution is -0.301. The van der Waals surface area contributed by atoms with E-state index in [1.54, 1.807) is 24.3 Å². The molecule has 1 unspecified atom stereocenters. The van der Waals surface area contributed by atoms with Crippen molar-refractivity contribution >= 4 is 46.8 Å². The molecule has 1 aliphatic rings. The summed E-state index contributed by atoms with van der Waals surface area (Å²) in [7, 11) is 0. The van der Waals surface area contributed by atoms with Crippen LogP contribution in [-0.4, -0.2) is 28.8 Å². The number of benzene rings is 1. The number of amides is 2. The number of imide groups is 1. The molecule has 1 saturated heterocycles. The molecule has 7 heteroatoms. The van der Waals surface area contributed by atoms with Crippen molar-refractivity contribution in [3.8, 4) is 0 Å². The highest BCUT2D eigenvalue weighted by Gasteiger charge is 2.39. The van der Waals surface area contributed by atoms with E-state index >= 15 is 0 Å². The van der Waals surface area contributed by atoms with E-state index in [4.69, 9.17) is 11.6 Å². The van der Waals surface area contributed by atoms with Crippen LogP contribution in [0.5, 0.6) is 0 Å². The van der Waals surface area contributed by atoms with Gasteiger partial charge in [0.1, 0.15) is 0 Å². The Bertz CT molecular complexity index is 531. The minimum Gasteiger partial charge on any atom is -0.549 e. The molecule has 1 aromatic carbocycles. The number of hydrogen-bond donors (Lipinski definition) is 0. The first-order valence-electron chi connectivity index (χ1n) is 5.43. The normalized spacial score (nSPS) is 19.0. The molecule has 0 radical (unpaired) electrons. The maximum Gasteiger partial charge on any atom is 0.247 e. The van der Waals surface area contributed by atoms with E-state index in [1.165, 1.54) is 0 Å². The molecule has 0 bridgehead atoms. The zero-order valence-corrected chi connectivity index (χ0v) is 11.2. The number of hydrogen-bond acceptors (Lipinski definition) is 5. The Kier molecular flexibility index (Phi) is 4.11. The van der Waals surface area contributed by atoms with Gasteiger partial charge in [0, 0.05) is 17.2 Å². The zero-order chi connectivity index (χ0) is 14.0. The summed E-state index contributed by atoms with van der Waals surface area (Å²) in [5.74, 6) is -2.31.